The van der Waals surface area contributed by atoms with E-state index in [4.69, 9.17) is 5.73 Å². The number of pyridine rings is 1. The summed E-state index contributed by atoms with van der Waals surface area (Å²) in [6.45, 7) is 0.00491. The summed E-state index contributed by atoms with van der Waals surface area (Å²) in [6.07, 6.45) is 2.86. The fourth-order valence-corrected chi connectivity index (χ4v) is 4.45. The van der Waals surface area contributed by atoms with Crippen LogP contribution in [-0.2, 0) is 16.4 Å². The summed E-state index contributed by atoms with van der Waals surface area (Å²) in [5.74, 6) is -0.699. The number of nitrogens with zero attached hydrogens (tertiary/aromatic N) is 3. The number of nitrogens with two attached hydrogens (primary N) is 1. The van der Waals surface area contributed by atoms with Crippen molar-refractivity contribution in [3.05, 3.63) is 94.7 Å². The second-order valence-electron chi connectivity index (χ2n) is 6.55. The van der Waals surface area contributed by atoms with Gasteiger partial charge in [-0.1, -0.05) is 24.3 Å². The normalized spacial score (nSPS) is 11.5. The topological polar surface area (TPSA) is 125 Å². The Morgan fingerprint density at radius 3 is 2.50 bits per heavy atom. The summed E-state index contributed by atoms with van der Waals surface area (Å²) < 4.78 is 26.8. The third kappa shape index (κ3) is 3.46. The maximum absolute atomic E-state index is 12.9. The fourth-order valence-electron chi connectivity index (χ4n) is 3.13. The van der Waals surface area contributed by atoms with Crippen LogP contribution in [0.4, 0.5) is 0 Å². The Labute approximate surface area is 171 Å². The van der Waals surface area contributed by atoms with E-state index in [0.717, 1.165) is 0 Å². The van der Waals surface area contributed by atoms with Gasteiger partial charge >= 0.3 is 0 Å². The molecule has 0 saturated heterocycles. The number of hydrogen-bond donors (Lipinski definition) is 1. The average Bonchev–Trinajstić information content (AvgIpc) is 2.76. The highest BCUT2D eigenvalue weighted by Crippen LogP contribution is 2.23. The Hall–Kier alpha value is -3.85. The lowest BCUT2D eigenvalue weighted by atomic mass is 10.1. The summed E-state index contributed by atoms with van der Waals surface area (Å²) >= 11 is 0. The number of rotatable bonds is 5. The minimum Gasteiger partial charge on any atom is -0.364 e. The van der Waals surface area contributed by atoms with E-state index in [2.05, 4.69) is 10.1 Å². The first-order valence-electron chi connectivity index (χ1n) is 8.91. The zero-order valence-electron chi connectivity index (χ0n) is 15.6. The van der Waals surface area contributed by atoms with Gasteiger partial charge in [0.25, 0.3) is 11.5 Å². The Balaban J connectivity index is 1.76. The van der Waals surface area contributed by atoms with Crippen LogP contribution in [0, 0.1) is 0 Å². The number of carbonyl (C=O) groups excluding carboxylic acids is 1. The molecule has 0 saturated carbocycles. The molecule has 2 aromatic heterocycles. The van der Waals surface area contributed by atoms with E-state index >= 15 is 0 Å². The van der Waals surface area contributed by atoms with Gasteiger partial charge in [-0.15, -0.1) is 0 Å². The van der Waals surface area contributed by atoms with Crippen LogP contribution in [0.2, 0.25) is 0 Å². The monoisotopic (exact) mass is 420 g/mol. The van der Waals surface area contributed by atoms with Crippen molar-refractivity contribution in [1.82, 2.24) is 14.8 Å². The van der Waals surface area contributed by atoms with Gasteiger partial charge < -0.3 is 5.73 Å². The molecule has 2 N–H and O–H groups in total. The molecule has 0 aliphatic heterocycles. The molecule has 0 aliphatic rings. The van der Waals surface area contributed by atoms with Crippen molar-refractivity contribution < 1.29 is 13.2 Å². The lowest BCUT2D eigenvalue weighted by molar-refractivity contribution is 0.0994. The summed E-state index contributed by atoms with van der Waals surface area (Å²) in [6, 6.07) is 15.6. The van der Waals surface area contributed by atoms with Crippen LogP contribution in [0.25, 0.3) is 10.8 Å². The largest absolute Gasteiger partial charge is 0.364 e. The Morgan fingerprint density at radius 1 is 1.00 bits per heavy atom. The van der Waals surface area contributed by atoms with E-state index in [1.54, 1.807) is 30.3 Å². The number of benzene rings is 2. The first-order valence-corrected chi connectivity index (χ1v) is 10.4. The predicted molar refractivity (Wildman–Crippen MR) is 110 cm³/mol. The summed E-state index contributed by atoms with van der Waals surface area (Å²) in [5.41, 5.74) is 5.44. The smallest absolute Gasteiger partial charge is 0.274 e. The number of fused-ring (bicyclic) bond motifs is 1. The molecule has 0 bridgehead atoms. The molecule has 4 aromatic rings. The molecular weight excluding hydrogens is 404 g/mol. The third-order valence-electron chi connectivity index (χ3n) is 4.63. The van der Waals surface area contributed by atoms with Crippen molar-refractivity contribution in [2.24, 2.45) is 5.73 Å². The van der Waals surface area contributed by atoms with Gasteiger partial charge in [0, 0.05) is 17.1 Å². The van der Waals surface area contributed by atoms with Gasteiger partial charge in [-0.05, 0) is 36.4 Å². The van der Waals surface area contributed by atoms with Gasteiger partial charge in [-0.2, -0.15) is 5.10 Å². The van der Waals surface area contributed by atoms with E-state index in [-0.39, 0.29) is 22.0 Å². The van der Waals surface area contributed by atoms with Gasteiger partial charge in [0.15, 0.2) is 0 Å². The standard InChI is InChI=1S/C21H16N4O4S/c22-20(26)19-14(5-4-10-23-19)13-25-21(27)18-9-8-17(11-15(18)12-24-25)30(28,29)16-6-2-1-3-7-16/h1-12H,13H2,(H2,22,26). The van der Waals surface area contributed by atoms with Crippen LogP contribution >= 0.6 is 0 Å². The van der Waals surface area contributed by atoms with Gasteiger partial charge in [-0.3, -0.25) is 14.6 Å². The molecule has 9 heteroatoms. The molecule has 150 valence electrons. The molecule has 1 amide bonds. The van der Waals surface area contributed by atoms with E-state index in [9.17, 15) is 18.0 Å². The summed E-state index contributed by atoms with van der Waals surface area (Å²) in [7, 11) is -3.71. The Kier molecular flexibility index (Phi) is 4.88. The highest BCUT2D eigenvalue weighted by atomic mass is 32.2. The Bertz CT molecular complexity index is 1430. The molecule has 0 unspecified atom stereocenters. The molecule has 0 spiro atoms. The molecule has 0 aliphatic carbocycles. The highest BCUT2D eigenvalue weighted by Gasteiger charge is 2.18. The second-order valence-corrected chi connectivity index (χ2v) is 8.50. The van der Waals surface area contributed by atoms with E-state index in [1.165, 1.54) is 47.4 Å². The summed E-state index contributed by atoms with van der Waals surface area (Å²) in [4.78, 5) is 28.6. The van der Waals surface area contributed by atoms with Crippen molar-refractivity contribution >= 4 is 26.5 Å². The van der Waals surface area contributed by atoms with E-state index < -0.39 is 21.3 Å². The minimum atomic E-state index is -3.71. The van der Waals surface area contributed by atoms with E-state index in [1.807, 2.05) is 0 Å². The molecule has 30 heavy (non-hydrogen) atoms. The predicted octanol–water partition coefficient (Wildman–Crippen LogP) is 1.77. The number of primary amides is 1. The van der Waals surface area contributed by atoms with Crippen LogP contribution < -0.4 is 11.3 Å². The molecule has 4 rings (SSSR count). The van der Waals surface area contributed by atoms with Crippen LogP contribution in [0.1, 0.15) is 16.1 Å². The maximum Gasteiger partial charge on any atom is 0.274 e. The highest BCUT2D eigenvalue weighted by molar-refractivity contribution is 7.91. The van der Waals surface area contributed by atoms with E-state index in [0.29, 0.717) is 16.3 Å². The number of sulfone groups is 1. The first kappa shape index (κ1) is 19.5. The average molecular weight is 420 g/mol. The second kappa shape index (κ2) is 7.53. The van der Waals surface area contributed by atoms with Crippen molar-refractivity contribution in [3.63, 3.8) is 0 Å². The molecule has 0 fully saturated rings. The van der Waals surface area contributed by atoms with Crippen LogP contribution in [0.5, 0.6) is 0 Å². The zero-order chi connectivity index (χ0) is 21.3. The lowest BCUT2D eigenvalue weighted by Gasteiger charge is -2.09. The van der Waals surface area contributed by atoms with Gasteiger partial charge in [0.05, 0.1) is 27.9 Å². The number of hydrogen-bond acceptors (Lipinski definition) is 6. The Morgan fingerprint density at radius 2 is 1.77 bits per heavy atom. The van der Waals surface area contributed by atoms with Crippen molar-refractivity contribution in [1.29, 1.82) is 0 Å². The van der Waals surface area contributed by atoms with Crippen LogP contribution in [-0.4, -0.2) is 29.1 Å². The quantitative estimate of drug-likeness (QED) is 0.525. The van der Waals surface area contributed by atoms with Gasteiger partial charge in [-0.25, -0.2) is 13.1 Å². The molecular formula is C21H16N4O4S. The molecule has 2 aromatic carbocycles. The SMILES string of the molecule is NC(=O)c1ncccc1Cn1ncc2cc(S(=O)(=O)c3ccccc3)ccc2c1=O. The number of amides is 1. The fraction of sp³-hybridized carbons (Fsp3) is 0.0476. The third-order valence-corrected chi connectivity index (χ3v) is 6.40. The van der Waals surface area contributed by atoms with Crippen molar-refractivity contribution in [2.75, 3.05) is 0 Å². The molecule has 0 radical (unpaired) electrons. The molecule has 0 atom stereocenters. The van der Waals surface area contributed by atoms with Crippen molar-refractivity contribution in [2.45, 2.75) is 16.3 Å². The first-order chi connectivity index (χ1) is 14.4. The van der Waals surface area contributed by atoms with Crippen molar-refractivity contribution in [3.8, 4) is 0 Å². The van der Waals surface area contributed by atoms with Gasteiger partial charge in [0.1, 0.15) is 5.69 Å². The van der Waals surface area contributed by atoms with Crippen LogP contribution in [0.3, 0.4) is 0 Å². The van der Waals surface area contributed by atoms with Crippen LogP contribution in [0.15, 0.2) is 87.6 Å². The number of carbonyl (C=O) groups is 1. The maximum atomic E-state index is 12.9. The molecule has 8 nitrogen and oxygen atoms in total. The zero-order valence-corrected chi connectivity index (χ0v) is 16.4. The molecule has 2 heterocycles. The van der Waals surface area contributed by atoms with Gasteiger partial charge in [0.2, 0.25) is 9.84 Å². The summed E-state index contributed by atoms with van der Waals surface area (Å²) in [5, 5.41) is 4.83. The number of aromatic nitrogens is 3. The lowest BCUT2D eigenvalue weighted by Crippen LogP contribution is -2.25. The minimum absolute atomic E-state index is 0.00491.